The molecule has 0 aliphatic rings. The standard InChI is InChI=1S/C10H6N2O2.C2HF3O2/c11-4-6-1-2-9-7(3-6)8(5-12-9)10(13)14;3-2(4,5)1(6)7/h1-3,5,12H,(H,13,14);(H,6,7). The minimum atomic E-state index is -5.08. The van der Waals surface area contributed by atoms with Gasteiger partial charge in [0.2, 0.25) is 0 Å². The molecular weight excluding hydrogens is 293 g/mol. The van der Waals surface area contributed by atoms with Gasteiger partial charge in [-0.15, -0.1) is 0 Å². The smallest absolute Gasteiger partial charge is 0.478 e. The number of halogens is 3. The molecule has 1 aromatic carbocycles. The summed E-state index contributed by atoms with van der Waals surface area (Å²) in [6.45, 7) is 0. The fraction of sp³-hybridized carbons (Fsp3) is 0.0833. The number of nitriles is 1. The third kappa shape index (κ3) is 3.97. The van der Waals surface area contributed by atoms with Crippen LogP contribution in [0.2, 0.25) is 0 Å². The zero-order valence-corrected chi connectivity index (χ0v) is 10.1. The number of aromatic carboxylic acids is 1. The van der Waals surface area contributed by atoms with Gasteiger partial charge in [0, 0.05) is 17.1 Å². The Morgan fingerprint density at radius 3 is 2.24 bits per heavy atom. The third-order valence-corrected chi connectivity index (χ3v) is 2.28. The van der Waals surface area contributed by atoms with Crippen molar-refractivity contribution in [3.05, 3.63) is 35.5 Å². The molecule has 21 heavy (non-hydrogen) atoms. The fourth-order valence-corrected chi connectivity index (χ4v) is 1.37. The number of carbonyl (C=O) groups is 2. The van der Waals surface area contributed by atoms with Crippen LogP contribution >= 0.6 is 0 Å². The first kappa shape index (κ1) is 16.0. The van der Waals surface area contributed by atoms with Gasteiger partial charge in [-0.3, -0.25) is 0 Å². The number of nitrogens with one attached hydrogen (secondary N) is 1. The number of benzene rings is 1. The monoisotopic (exact) mass is 300 g/mol. The van der Waals surface area contributed by atoms with Gasteiger partial charge >= 0.3 is 18.1 Å². The van der Waals surface area contributed by atoms with E-state index in [4.69, 9.17) is 20.3 Å². The van der Waals surface area contributed by atoms with E-state index < -0.39 is 18.1 Å². The second kappa shape index (κ2) is 5.96. The first-order chi connectivity index (χ1) is 9.66. The largest absolute Gasteiger partial charge is 0.490 e. The Kier molecular flexibility index (Phi) is 4.55. The Morgan fingerprint density at radius 2 is 1.81 bits per heavy atom. The van der Waals surface area contributed by atoms with Crippen molar-refractivity contribution in [2.24, 2.45) is 0 Å². The maximum atomic E-state index is 10.8. The molecule has 2 aromatic rings. The number of rotatable bonds is 1. The van der Waals surface area contributed by atoms with E-state index in [1.54, 1.807) is 18.2 Å². The Labute approximate surface area is 115 Å². The van der Waals surface area contributed by atoms with Crippen LogP contribution in [0.3, 0.4) is 0 Å². The van der Waals surface area contributed by atoms with Gasteiger partial charge in [-0.1, -0.05) is 0 Å². The highest BCUT2D eigenvalue weighted by molar-refractivity contribution is 6.03. The van der Waals surface area contributed by atoms with Crippen LogP contribution in [0.5, 0.6) is 0 Å². The molecule has 0 amide bonds. The Morgan fingerprint density at radius 1 is 1.24 bits per heavy atom. The van der Waals surface area contributed by atoms with E-state index in [0.717, 1.165) is 5.52 Å². The quantitative estimate of drug-likeness (QED) is 0.748. The minimum Gasteiger partial charge on any atom is -0.478 e. The number of alkyl halides is 3. The lowest BCUT2D eigenvalue weighted by atomic mass is 10.1. The van der Waals surface area contributed by atoms with Crippen LogP contribution < -0.4 is 0 Å². The average molecular weight is 300 g/mol. The summed E-state index contributed by atoms with van der Waals surface area (Å²) in [5.41, 5.74) is 1.37. The summed E-state index contributed by atoms with van der Waals surface area (Å²) in [6, 6.07) is 6.87. The van der Waals surface area contributed by atoms with Crippen LogP contribution in [0.15, 0.2) is 24.4 Å². The van der Waals surface area contributed by atoms with Crippen molar-refractivity contribution in [3.8, 4) is 6.07 Å². The molecule has 0 saturated carbocycles. The summed E-state index contributed by atoms with van der Waals surface area (Å²) in [7, 11) is 0. The topological polar surface area (TPSA) is 114 Å². The highest BCUT2D eigenvalue weighted by Gasteiger charge is 2.38. The highest BCUT2D eigenvalue weighted by Crippen LogP contribution is 2.19. The lowest BCUT2D eigenvalue weighted by Gasteiger charge is -1.93. The number of fused-ring (bicyclic) bond motifs is 1. The molecule has 0 spiro atoms. The van der Waals surface area contributed by atoms with Gasteiger partial charge in [-0.25, -0.2) is 9.59 Å². The van der Waals surface area contributed by atoms with Crippen molar-refractivity contribution in [1.82, 2.24) is 4.98 Å². The molecule has 0 radical (unpaired) electrons. The first-order valence-corrected chi connectivity index (χ1v) is 5.21. The zero-order valence-electron chi connectivity index (χ0n) is 10.1. The van der Waals surface area contributed by atoms with Gasteiger partial charge in [0.1, 0.15) is 0 Å². The molecule has 3 N–H and O–H groups in total. The van der Waals surface area contributed by atoms with E-state index in [1.165, 1.54) is 6.20 Å². The van der Waals surface area contributed by atoms with Crippen LogP contribution in [-0.4, -0.2) is 33.3 Å². The maximum Gasteiger partial charge on any atom is 0.490 e. The molecule has 0 atom stereocenters. The van der Waals surface area contributed by atoms with Crippen molar-refractivity contribution in [1.29, 1.82) is 5.26 Å². The van der Waals surface area contributed by atoms with Crippen LogP contribution in [0.4, 0.5) is 13.2 Å². The van der Waals surface area contributed by atoms with Crippen molar-refractivity contribution >= 4 is 22.8 Å². The lowest BCUT2D eigenvalue weighted by Crippen LogP contribution is -2.21. The van der Waals surface area contributed by atoms with Crippen molar-refractivity contribution < 1.29 is 33.0 Å². The van der Waals surface area contributed by atoms with E-state index in [9.17, 15) is 18.0 Å². The summed E-state index contributed by atoms with van der Waals surface area (Å²) in [6.07, 6.45) is -3.66. The zero-order chi connectivity index (χ0) is 16.2. The minimum absolute atomic E-state index is 0.192. The summed E-state index contributed by atoms with van der Waals surface area (Å²) in [4.78, 5) is 22.5. The Bertz CT molecular complexity index is 728. The lowest BCUT2D eigenvalue weighted by molar-refractivity contribution is -0.192. The second-order valence-electron chi connectivity index (χ2n) is 3.68. The molecule has 1 heterocycles. The summed E-state index contributed by atoms with van der Waals surface area (Å²) >= 11 is 0. The number of aromatic amines is 1. The van der Waals surface area contributed by atoms with E-state index in [0.29, 0.717) is 10.9 Å². The summed E-state index contributed by atoms with van der Waals surface area (Å²) in [5.74, 6) is -3.75. The molecule has 0 saturated heterocycles. The van der Waals surface area contributed by atoms with E-state index in [-0.39, 0.29) is 5.56 Å². The summed E-state index contributed by atoms with van der Waals surface area (Å²) in [5, 5.41) is 25.2. The molecule has 0 aliphatic heterocycles. The number of hydrogen-bond donors (Lipinski definition) is 3. The van der Waals surface area contributed by atoms with Gasteiger partial charge in [0.15, 0.2) is 0 Å². The molecule has 6 nitrogen and oxygen atoms in total. The molecule has 0 unspecified atom stereocenters. The molecular formula is C12H7F3N2O4. The van der Waals surface area contributed by atoms with Crippen LogP contribution in [0.1, 0.15) is 15.9 Å². The molecule has 0 fully saturated rings. The predicted octanol–water partition coefficient (Wildman–Crippen LogP) is 2.37. The fourth-order valence-electron chi connectivity index (χ4n) is 1.37. The number of nitrogens with zero attached hydrogens (tertiary/aromatic N) is 1. The van der Waals surface area contributed by atoms with Crippen molar-refractivity contribution in [2.75, 3.05) is 0 Å². The van der Waals surface area contributed by atoms with Crippen LogP contribution in [-0.2, 0) is 4.79 Å². The van der Waals surface area contributed by atoms with E-state index in [1.807, 2.05) is 6.07 Å². The predicted molar refractivity (Wildman–Crippen MR) is 63.7 cm³/mol. The molecule has 2 rings (SSSR count). The second-order valence-corrected chi connectivity index (χ2v) is 3.68. The third-order valence-electron chi connectivity index (χ3n) is 2.28. The molecule has 9 heteroatoms. The van der Waals surface area contributed by atoms with Gasteiger partial charge in [-0.05, 0) is 18.2 Å². The molecule has 0 aliphatic carbocycles. The number of H-pyrrole nitrogens is 1. The number of aliphatic carboxylic acids is 1. The first-order valence-electron chi connectivity index (χ1n) is 5.21. The van der Waals surface area contributed by atoms with Crippen LogP contribution in [0.25, 0.3) is 10.9 Å². The van der Waals surface area contributed by atoms with Crippen molar-refractivity contribution in [3.63, 3.8) is 0 Å². The number of carboxylic acid groups (broad SMARTS) is 2. The Hall–Kier alpha value is -3.02. The van der Waals surface area contributed by atoms with Gasteiger partial charge in [0.05, 0.1) is 17.2 Å². The molecule has 0 bridgehead atoms. The van der Waals surface area contributed by atoms with Crippen LogP contribution in [0, 0.1) is 11.3 Å². The average Bonchev–Trinajstić information content (AvgIpc) is 2.80. The number of carboxylic acids is 2. The van der Waals surface area contributed by atoms with Gasteiger partial charge in [0.25, 0.3) is 0 Å². The Balaban J connectivity index is 0.000000270. The molecule has 1 aromatic heterocycles. The maximum absolute atomic E-state index is 10.8. The summed E-state index contributed by atoms with van der Waals surface area (Å²) < 4.78 is 31.7. The number of hydrogen-bond acceptors (Lipinski definition) is 3. The van der Waals surface area contributed by atoms with Gasteiger partial charge in [-0.2, -0.15) is 18.4 Å². The highest BCUT2D eigenvalue weighted by atomic mass is 19.4. The van der Waals surface area contributed by atoms with Crippen molar-refractivity contribution in [2.45, 2.75) is 6.18 Å². The van der Waals surface area contributed by atoms with E-state index in [2.05, 4.69) is 4.98 Å². The molecule has 110 valence electrons. The number of aromatic nitrogens is 1. The SMILES string of the molecule is N#Cc1ccc2[nH]cc(C(=O)O)c2c1.O=C(O)C(F)(F)F. The van der Waals surface area contributed by atoms with E-state index >= 15 is 0 Å². The van der Waals surface area contributed by atoms with Gasteiger partial charge < -0.3 is 15.2 Å². The normalized spacial score (nSPS) is 10.4.